The zero-order valence-corrected chi connectivity index (χ0v) is 20.2. The van der Waals surface area contributed by atoms with Gasteiger partial charge in [-0.3, -0.25) is 9.69 Å². The number of aryl methyl sites for hydroxylation is 2. The van der Waals surface area contributed by atoms with Gasteiger partial charge in [0, 0.05) is 49.2 Å². The van der Waals surface area contributed by atoms with Crippen molar-refractivity contribution in [1.29, 1.82) is 0 Å². The molecule has 2 aromatic heterocycles. The molecule has 0 aliphatic carbocycles. The summed E-state index contributed by atoms with van der Waals surface area (Å²) in [7, 11) is 0. The van der Waals surface area contributed by atoms with Crippen molar-refractivity contribution in [1.82, 2.24) is 14.9 Å². The minimum Gasteiger partial charge on any atom is -0.379 e. The topological polar surface area (TPSA) is 70.6 Å². The summed E-state index contributed by atoms with van der Waals surface area (Å²) in [6, 6.07) is 8.23. The molecule has 0 saturated carbocycles. The highest BCUT2D eigenvalue weighted by molar-refractivity contribution is 7.18. The van der Waals surface area contributed by atoms with Gasteiger partial charge in [0.05, 0.1) is 18.6 Å². The molecule has 2 fully saturated rings. The van der Waals surface area contributed by atoms with E-state index in [2.05, 4.69) is 51.1 Å². The van der Waals surface area contributed by atoms with Gasteiger partial charge in [-0.1, -0.05) is 12.1 Å². The van der Waals surface area contributed by atoms with E-state index >= 15 is 0 Å². The summed E-state index contributed by atoms with van der Waals surface area (Å²) >= 11 is 1.72. The third-order valence-electron chi connectivity index (χ3n) is 6.82. The van der Waals surface area contributed by atoms with Crippen LogP contribution in [-0.4, -0.2) is 60.2 Å². The SMILES string of the molecule is Cc1sc2ncnc(N3CCC(C(=O)Nc4cccc(CN5CCOCC5)c4)CC3)c2c1C. The summed E-state index contributed by atoms with van der Waals surface area (Å²) in [5.41, 5.74) is 3.37. The quantitative estimate of drug-likeness (QED) is 0.614. The molecule has 0 unspecified atom stereocenters. The van der Waals surface area contributed by atoms with Gasteiger partial charge < -0.3 is 15.0 Å². The van der Waals surface area contributed by atoms with Crippen LogP contribution in [0.4, 0.5) is 11.5 Å². The largest absolute Gasteiger partial charge is 0.379 e. The molecule has 2 aliphatic rings. The first-order valence-electron chi connectivity index (χ1n) is 11.7. The second-order valence-corrected chi connectivity index (χ2v) is 10.2. The minimum absolute atomic E-state index is 0.0202. The Kier molecular flexibility index (Phi) is 6.57. The number of morpholine rings is 1. The number of anilines is 2. The summed E-state index contributed by atoms with van der Waals surface area (Å²) in [6.07, 6.45) is 3.32. The monoisotopic (exact) mass is 465 g/mol. The molecule has 174 valence electrons. The normalized spacial score (nSPS) is 18.1. The third kappa shape index (κ3) is 4.88. The molecule has 2 aliphatic heterocycles. The Bertz CT molecular complexity index is 1130. The lowest BCUT2D eigenvalue weighted by atomic mass is 9.95. The fraction of sp³-hybridized carbons (Fsp3) is 0.480. The molecule has 0 atom stereocenters. The molecule has 0 bridgehead atoms. The smallest absolute Gasteiger partial charge is 0.227 e. The zero-order valence-electron chi connectivity index (χ0n) is 19.3. The molecule has 0 radical (unpaired) electrons. The summed E-state index contributed by atoms with van der Waals surface area (Å²) in [6.45, 7) is 10.3. The Labute approximate surface area is 198 Å². The molecule has 7 nitrogen and oxygen atoms in total. The Morgan fingerprint density at radius 1 is 1.15 bits per heavy atom. The van der Waals surface area contributed by atoms with Crippen LogP contribution in [0.3, 0.4) is 0 Å². The van der Waals surface area contributed by atoms with Gasteiger partial charge in [0.25, 0.3) is 0 Å². The molecule has 3 aromatic rings. The Hall–Kier alpha value is -2.55. The van der Waals surface area contributed by atoms with E-state index in [9.17, 15) is 4.79 Å². The molecular weight excluding hydrogens is 434 g/mol. The van der Waals surface area contributed by atoms with E-state index in [1.54, 1.807) is 17.7 Å². The van der Waals surface area contributed by atoms with Gasteiger partial charge in [0.15, 0.2) is 0 Å². The number of hydrogen-bond donors (Lipinski definition) is 1. The van der Waals surface area contributed by atoms with E-state index in [1.165, 1.54) is 21.4 Å². The van der Waals surface area contributed by atoms with Crippen LogP contribution in [0.2, 0.25) is 0 Å². The molecular formula is C25H31N5O2S. The lowest BCUT2D eigenvalue weighted by molar-refractivity contribution is -0.120. The van der Waals surface area contributed by atoms with Crippen molar-refractivity contribution in [3.63, 3.8) is 0 Å². The minimum atomic E-state index is 0.0202. The average Bonchev–Trinajstić information content (AvgIpc) is 3.13. The van der Waals surface area contributed by atoms with E-state index in [1.807, 2.05) is 12.1 Å². The number of piperidine rings is 1. The van der Waals surface area contributed by atoms with Crippen LogP contribution in [0.1, 0.15) is 28.8 Å². The number of nitrogens with one attached hydrogen (secondary N) is 1. The Morgan fingerprint density at radius 2 is 1.94 bits per heavy atom. The number of carbonyl (C=O) groups excluding carboxylic acids is 1. The van der Waals surface area contributed by atoms with Crippen molar-refractivity contribution in [3.05, 3.63) is 46.6 Å². The number of carbonyl (C=O) groups is 1. The van der Waals surface area contributed by atoms with E-state index in [4.69, 9.17) is 4.74 Å². The Morgan fingerprint density at radius 3 is 2.73 bits per heavy atom. The van der Waals surface area contributed by atoms with Gasteiger partial charge in [-0.15, -0.1) is 11.3 Å². The predicted molar refractivity (Wildman–Crippen MR) is 133 cm³/mol. The second-order valence-electron chi connectivity index (χ2n) is 9.00. The van der Waals surface area contributed by atoms with Crippen LogP contribution in [0.25, 0.3) is 10.2 Å². The van der Waals surface area contributed by atoms with E-state index < -0.39 is 0 Å². The highest BCUT2D eigenvalue weighted by Crippen LogP contribution is 2.35. The van der Waals surface area contributed by atoms with Crippen LogP contribution in [0.15, 0.2) is 30.6 Å². The Balaban J connectivity index is 1.20. The summed E-state index contributed by atoms with van der Waals surface area (Å²) in [5.74, 6) is 1.15. The highest BCUT2D eigenvalue weighted by atomic mass is 32.1. The molecule has 2 saturated heterocycles. The molecule has 33 heavy (non-hydrogen) atoms. The maximum atomic E-state index is 13.0. The maximum absolute atomic E-state index is 13.0. The third-order valence-corrected chi connectivity index (χ3v) is 7.93. The van der Waals surface area contributed by atoms with Gasteiger partial charge in [-0.05, 0) is 49.9 Å². The number of thiophene rings is 1. The van der Waals surface area contributed by atoms with Gasteiger partial charge >= 0.3 is 0 Å². The maximum Gasteiger partial charge on any atom is 0.227 e. The van der Waals surface area contributed by atoms with Crippen molar-refractivity contribution in [2.75, 3.05) is 49.6 Å². The molecule has 1 aromatic carbocycles. The van der Waals surface area contributed by atoms with E-state index in [0.717, 1.165) is 75.1 Å². The van der Waals surface area contributed by atoms with Gasteiger partial charge in [0.1, 0.15) is 17.0 Å². The molecule has 1 amide bonds. The molecule has 4 heterocycles. The number of amides is 1. The number of rotatable bonds is 5. The summed E-state index contributed by atoms with van der Waals surface area (Å²) in [5, 5.41) is 4.33. The first-order valence-corrected chi connectivity index (χ1v) is 12.6. The van der Waals surface area contributed by atoms with Gasteiger partial charge in [-0.2, -0.15) is 0 Å². The predicted octanol–water partition coefficient (Wildman–Crippen LogP) is 4.00. The first-order chi connectivity index (χ1) is 16.1. The van der Waals surface area contributed by atoms with Crippen molar-refractivity contribution in [3.8, 4) is 0 Å². The molecule has 1 N–H and O–H groups in total. The first kappa shape index (κ1) is 22.3. The fourth-order valence-electron chi connectivity index (χ4n) is 4.77. The van der Waals surface area contributed by atoms with E-state index in [-0.39, 0.29) is 11.8 Å². The van der Waals surface area contributed by atoms with Crippen LogP contribution in [0, 0.1) is 19.8 Å². The van der Waals surface area contributed by atoms with Crippen molar-refractivity contribution >= 4 is 39.0 Å². The number of aromatic nitrogens is 2. The fourth-order valence-corrected chi connectivity index (χ4v) is 5.76. The number of ether oxygens (including phenoxy) is 1. The summed E-state index contributed by atoms with van der Waals surface area (Å²) in [4.78, 5) is 29.1. The number of nitrogens with zero attached hydrogens (tertiary/aromatic N) is 4. The lowest BCUT2D eigenvalue weighted by Crippen LogP contribution is -2.38. The van der Waals surface area contributed by atoms with Crippen LogP contribution in [0.5, 0.6) is 0 Å². The average molecular weight is 466 g/mol. The molecule has 0 spiro atoms. The van der Waals surface area contributed by atoms with Crippen LogP contribution >= 0.6 is 11.3 Å². The number of hydrogen-bond acceptors (Lipinski definition) is 7. The van der Waals surface area contributed by atoms with Gasteiger partial charge in [0.2, 0.25) is 5.91 Å². The zero-order chi connectivity index (χ0) is 22.8. The van der Waals surface area contributed by atoms with Gasteiger partial charge in [-0.25, -0.2) is 9.97 Å². The highest BCUT2D eigenvalue weighted by Gasteiger charge is 2.27. The lowest BCUT2D eigenvalue weighted by Gasteiger charge is -2.32. The number of fused-ring (bicyclic) bond motifs is 1. The van der Waals surface area contributed by atoms with Crippen LogP contribution in [-0.2, 0) is 16.1 Å². The second kappa shape index (κ2) is 9.75. The standard InChI is InChI=1S/C25H31N5O2S/c1-17-18(2)33-25-22(17)23(26-16-27-25)30-8-6-20(7-9-30)24(31)28-21-5-3-4-19(14-21)15-29-10-12-32-13-11-29/h3-5,14,16,20H,6-13,15H2,1-2H3,(H,28,31). The van der Waals surface area contributed by atoms with Crippen LogP contribution < -0.4 is 10.2 Å². The van der Waals surface area contributed by atoms with Crippen molar-refractivity contribution in [2.24, 2.45) is 5.92 Å². The molecule has 5 rings (SSSR count). The van der Waals surface area contributed by atoms with Crippen molar-refractivity contribution < 1.29 is 9.53 Å². The van der Waals surface area contributed by atoms with E-state index in [0.29, 0.717) is 0 Å². The molecule has 8 heteroatoms. The summed E-state index contributed by atoms with van der Waals surface area (Å²) < 4.78 is 5.44. The number of benzene rings is 1. The van der Waals surface area contributed by atoms with Crippen molar-refractivity contribution in [2.45, 2.75) is 33.2 Å².